The van der Waals surface area contributed by atoms with Gasteiger partial charge in [-0.05, 0) is 37.0 Å². The minimum absolute atomic E-state index is 0. The van der Waals surface area contributed by atoms with Gasteiger partial charge in [-0.15, -0.1) is 12.4 Å². The van der Waals surface area contributed by atoms with E-state index in [9.17, 15) is 9.59 Å². The van der Waals surface area contributed by atoms with E-state index < -0.39 is 12.1 Å². The third kappa shape index (κ3) is 7.63. The summed E-state index contributed by atoms with van der Waals surface area (Å²) in [5.41, 5.74) is 7.23. The van der Waals surface area contributed by atoms with Crippen molar-refractivity contribution in [2.75, 3.05) is 6.54 Å². The van der Waals surface area contributed by atoms with E-state index in [2.05, 4.69) is 10.3 Å². The second-order valence-electron chi connectivity index (χ2n) is 5.67. The van der Waals surface area contributed by atoms with Gasteiger partial charge in [0.1, 0.15) is 12.3 Å². The summed E-state index contributed by atoms with van der Waals surface area (Å²) in [5.74, 6) is -0.157. The standard InChI is InChI=1S/C19H23N3O3.ClH/c20-16(18(23)17-11-5-7-12-21-17)10-4-6-13-22-19(24)25-14-15-8-2-1-3-9-15;/h1-3,5,7-9,11-12,16H,4,6,10,13-14,20H2,(H,22,24);1H. The number of hydrogen-bond donors (Lipinski definition) is 2. The summed E-state index contributed by atoms with van der Waals surface area (Å²) in [5, 5.41) is 2.69. The van der Waals surface area contributed by atoms with Crippen molar-refractivity contribution in [3.05, 3.63) is 66.0 Å². The maximum atomic E-state index is 12.1. The Labute approximate surface area is 159 Å². The highest BCUT2D eigenvalue weighted by Gasteiger charge is 2.16. The zero-order chi connectivity index (χ0) is 17.9. The van der Waals surface area contributed by atoms with Gasteiger partial charge in [0, 0.05) is 12.7 Å². The fourth-order valence-electron chi connectivity index (χ4n) is 2.28. The van der Waals surface area contributed by atoms with E-state index in [-0.39, 0.29) is 24.8 Å². The SMILES string of the molecule is Cl.NC(CCCCNC(=O)OCc1ccccc1)C(=O)c1ccccn1. The number of halogens is 1. The number of ether oxygens (including phenoxy) is 1. The van der Waals surface area contributed by atoms with E-state index in [4.69, 9.17) is 10.5 Å². The monoisotopic (exact) mass is 377 g/mol. The van der Waals surface area contributed by atoms with Crippen LogP contribution in [-0.2, 0) is 11.3 Å². The second kappa shape index (κ2) is 12.0. The first-order valence-electron chi connectivity index (χ1n) is 8.32. The van der Waals surface area contributed by atoms with Crippen LogP contribution in [0.3, 0.4) is 0 Å². The molecule has 7 heteroatoms. The molecular weight excluding hydrogens is 354 g/mol. The number of aromatic nitrogens is 1. The Balaban J connectivity index is 0.00000338. The first-order valence-corrected chi connectivity index (χ1v) is 8.32. The highest BCUT2D eigenvalue weighted by molar-refractivity contribution is 5.98. The van der Waals surface area contributed by atoms with Crippen molar-refractivity contribution in [3.8, 4) is 0 Å². The van der Waals surface area contributed by atoms with E-state index in [1.54, 1.807) is 24.4 Å². The fraction of sp³-hybridized carbons (Fsp3) is 0.316. The van der Waals surface area contributed by atoms with E-state index in [1.807, 2.05) is 30.3 Å². The Morgan fingerprint density at radius 1 is 1.08 bits per heavy atom. The molecule has 0 bridgehead atoms. The van der Waals surface area contributed by atoms with Crippen molar-refractivity contribution in [2.24, 2.45) is 5.73 Å². The summed E-state index contributed by atoms with van der Waals surface area (Å²) in [7, 11) is 0. The molecule has 1 heterocycles. The van der Waals surface area contributed by atoms with Crippen LogP contribution in [0.1, 0.15) is 35.3 Å². The van der Waals surface area contributed by atoms with Crippen LogP contribution in [0.5, 0.6) is 0 Å². The van der Waals surface area contributed by atoms with Crippen LogP contribution in [-0.4, -0.2) is 29.4 Å². The molecule has 1 atom stereocenters. The third-order valence-corrected chi connectivity index (χ3v) is 3.68. The Bertz CT molecular complexity index is 668. The molecule has 1 amide bonds. The number of Topliss-reactive ketones (excluding diaryl/α,β-unsaturated/α-hetero) is 1. The van der Waals surface area contributed by atoms with Gasteiger partial charge in [0.2, 0.25) is 0 Å². The topological polar surface area (TPSA) is 94.3 Å². The number of benzene rings is 1. The number of nitrogens with zero attached hydrogens (tertiary/aromatic N) is 1. The molecule has 0 fully saturated rings. The molecule has 1 unspecified atom stereocenters. The molecule has 26 heavy (non-hydrogen) atoms. The minimum atomic E-state index is -0.570. The van der Waals surface area contributed by atoms with Crippen LogP contribution in [0.15, 0.2) is 54.7 Å². The van der Waals surface area contributed by atoms with E-state index in [0.717, 1.165) is 18.4 Å². The molecule has 0 aliphatic carbocycles. The Hall–Kier alpha value is -2.44. The first-order chi connectivity index (χ1) is 12.2. The second-order valence-corrected chi connectivity index (χ2v) is 5.67. The molecule has 2 rings (SSSR count). The third-order valence-electron chi connectivity index (χ3n) is 3.68. The molecular formula is C19H24ClN3O3. The normalized spacial score (nSPS) is 11.1. The summed E-state index contributed by atoms with van der Waals surface area (Å²) in [6.45, 7) is 0.730. The largest absolute Gasteiger partial charge is 0.445 e. The molecule has 3 N–H and O–H groups in total. The predicted octanol–water partition coefficient (Wildman–Crippen LogP) is 3.11. The van der Waals surface area contributed by atoms with Crippen molar-refractivity contribution in [1.29, 1.82) is 0 Å². The summed E-state index contributed by atoms with van der Waals surface area (Å²) < 4.78 is 5.11. The number of carbonyl (C=O) groups excluding carboxylic acids is 2. The van der Waals surface area contributed by atoms with Crippen molar-refractivity contribution in [3.63, 3.8) is 0 Å². The molecule has 1 aromatic heterocycles. The number of pyridine rings is 1. The highest BCUT2D eigenvalue weighted by atomic mass is 35.5. The Kier molecular flexibility index (Phi) is 9.97. The molecule has 1 aromatic carbocycles. The number of ketones is 1. The van der Waals surface area contributed by atoms with Crippen LogP contribution in [0.25, 0.3) is 0 Å². The van der Waals surface area contributed by atoms with Gasteiger partial charge in [0.25, 0.3) is 0 Å². The number of nitrogens with two attached hydrogens (primary N) is 1. The Morgan fingerprint density at radius 3 is 2.50 bits per heavy atom. The molecule has 0 spiro atoms. The van der Waals surface area contributed by atoms with Gasteiger partial charge < -0.3 is 15.8 Å². The zero-order valence-electron chi connectivity index (χ0n) is 14.5. The van der Waals surface area contributed by atoms with Gasteiger partial charge >= 0.3 is 6.09 Å². The number of amides is 1. The lowest BCUT2D eigenvalue weighted by atomic mass is 10.0. The molecule has 0 saturated carbocycles. The molecule has 2 aromatic rings. The van der Waals surface area contributed by atoms with Crippen LogP contribution < -0.4 is 11.1 Å². The van der Waals surface area contributed by atoms with E-state index in [0.29, 0.717) is 18.7 Å². The first kappa shape index (κ1) is 21.6. The van der Waals surface area contributed by atoms with E-state index in [1.165, 1.54) is 0 Å². The maximum Gasteiger partial charge on any atom is 0.407 e. The summed E-state index contributed by atoms with van der Waals surface area (Å²) >= 11 is 0. The summed E-state index contributed by atoms with van der Waals surface area (Å²) in [4.78, 5) is 27.7. The van der Waals surface area contributed by atoms with Gasteiger partial charge in [-0.2, -0.15) is 0 Å². The molecule has 6 nitrogen and oxygen atoms in total. The number of carbonyl (C=O) groups is 2. The molecule has 0 aliphatic rings. The lowest BCUT2D eigenvalue weighted by Gasteiger charge is -2.10. The summed E-state index contributed by atoms with van der Waals surface area (Å²) in [6.07, 6.45) is 3.14. The lowest BCUT2D eigenvalue weighted by Crippen LogP contribution is -2.31. The number of nitrogens with one attached hydrogen (secondary N) is 1. The van der Waals surface area contributed by atoms with Gasteiger partial charge in [-0.3, -0.25) is 9.78 Å². The highest BCUT2D eigenvalue weighted by Crippen LogP contribution is 2.05. The quantitative estimate of drug-likeness (QED) is 0.517. The van der Waals surface area contributed by atoms with Gasteiger partial charge in [-0.1, -0.05) is 36.4 Å². The summed E-state index contributed by atoms with van der Waals surface area (Å²) in [6, 6.07) is 14.1. The molecule has 0 radical (unpaired) electrons. The van der Waals surface area contributed by atoms with Crippen LogP contribution in [0.2, 0.25) is 0 Å². The number of unbranched alkanes of at least 4 members (excludes halogenated alkanes) is 1. The molecule has 140 valence electrons. The smallest absolute Gasteiger partial charge is 0.407 e. The van der Waals surface area contributed by atoms with Gasteiger partial charge in [-0.25, -0.2) is 4.79 Å². The maximum absolute atomic E-state index is 12.1. The molecule has 0 aliphatic heterocycles. The molecule has 0 saturated heterocycles. The van der Waals surface area contributed by atoms with Gasteiger partial charge in [0.05, 0.1) is 6.04 Å². The average Bonchev–Trinajstić information content (AvgIpc) is 2.67. The van der Waals surface area contributed by atoms with Crippen molar-refractivity contribution in [1.82, 2.24) is 10.3 Å². The minimum Gasteiger partial charge on any atom is -0.445 e. The fourth-order valence-corrected chi connectivity index (χ4v) is 2.28. The average molecular weight is 378 g/mol. The lowest BCUT2D eigenvalue weighted by molar-refractivity contribution is 0.0950. The van der Waals surface area contributed by atoms with Crippen molar-refractivity contribution in [2.45, 2.75) is 31.9 Å². The van der Waals surface area contributed by atoms with Gasteiger partial charge in [0.15, 0.2) is 5.78 Å². The van der Waals surface area contributed by atoms with E-state index >= 15 is 0 Å². The zero-order valence-corrected chi connectivity index (χ0v) is 15.3. The van der Waals surface area contributed by atoms with Crippen molar-refractivity contribution < 1.29 is 14.3 Å². The number of rotatable bonds is 9. The van der Waals surface area contributed by atoms with Crippen molar-refractivity contribution >= 4 is 24.3 Å². The van der Waals surface area contributed by atoms with Crippen LogP contribution >= 0.6 is 12.4 Å². The van der Waals surface area contributed by atoms with Crippen LogP contribution in [0, 0.1) is 0 Å². The number of hydrogen-bond acceptors (Lipinski definition) is 5. The number of alkyl carbamates (subject to hydrolysis) is 1. The Morgan fingerprint density at radius 2 is 1.81 bits per heavy atom. The van der Waals surface area contributed by atoms with Crippen LogP contribution in [0.4, 0.5) is 4.79 Å². The predicted molar refractivity (Wildman–Crippen MR) is 102 cm³/mol.